The fraction of sp³-hybridized carbons (Fsp3) is 0.125. The van der Waals surface area contributed by atoms with E-state index in [1.807, 2.05) is 18.0 Å². The predicted octanol–water partition coefficient (Wildman–Crippen LogP) is 4.15. The minimum Gasteiger partial charge on any atom is -0.233 e. The molecule has 0 amide bonds. The molecule has 2 aromatic rings. The summed E-state index contributed by atoms with van der Waals surface area (Å²) in [6.45, 7) is 0. The average molecular weight is 248 g/mol. The summed E-state index contributed by atoms with van der Waals surface area (Å²) in [6.07, 6.45) is 1.84. The summed E-state index contributed by atoms with van der Waals surface area (Å²) >= 11 is 10.9. The first-order chi connectivity index (χ1) is 6.34. The Morgan fingerprint density at radius 3 is 3.08 bits per heavy atom. The van der Waals surface area contributed by atoms with Gasteiger partial charge in [0.15, 0.2) is 4.47 Å². The van der Waals surface area contributed by atoms with Crippen LogP contribution in [-0.2, 0) is 5.75 Å². The first-order valence-electron chi connectivity index (χ1n) is 3.61. The van der Waals surface area contributed by atoms with E-state index in [0.29, 0.717) is 4.47 Å². The van der Waals surface area contributed by atoms with Crippen molar-refractivity contribution in [2.45, 2.75) is 9.96 Å². The van der Waals surface area contributed by atoms with E-state index >= 15 is 0 Å². The van der Waals surface area contributed by atoms with Gasteiger partial charge in [0.1, 0.15) is 0 Å². The van der Waals surface area contributed by atoms with Crippen LogP contribution in [0, 0.1) is 0 Å². The number of thioether (sulfide) groups is 1. The van der Waals surface area contributed by atoms with Crippen molar-refractivity contribution in [1.29, 1.82) is 0 Å². The van der Waals surface area contributed by atoms with Gasteiger partial charge >= 0.3 is 0 Å². The molecule has 0 unspecified atom stereocenters. The zero-order chi connectivity index (χ0) is 9.10. The van der Waals surface area contributed by atoms with Crippen LogP contribution < -0.4 is 0 Å². The van der Waals surface area contributed by atoms with Crippen LogP contribution in [0.1, 0.15) is 4.88 Å². The quantitative estimate of drug-likeness (QED) is 0.756. The van der Waals surface area contributed by atoms with E-state index in [9.17, 15) is 0 Å². The van der Waals surface area contributed by atoms with Crippen LogP contribution >= 0.6 is 46.0 Å². The van der Waals surface area contributed by atoms with Crippen LogP contribution in [0.25, 0.3) is 0 Å². The number of thiophene rings is 1. The molecular formula is C8H6ClNS3. The second kappa shape index (κ2) is 4.46. The third-order valence-electron chi connectivity index (χ3n) is 1.38. The van der Waals surface area contributed by atoms with Crippen LogP contribution in [0.4, 0.5) is 0 Å². The minimum atomic E-state index is 0.627. The lowest BCUT2D eigenvalue weighted by Crippen LogP contribution is -1.69. The third kappa shape index (κ3) is 2.71. The van der Waals surface area contributed by atoms with Gasteiger partial charge in [-0.25, -0.2) is 4.98 Å². The maximum absolute atomic E-state index is 5.72. The van der Waals surface area contributed by atoms with Gasteiger partial charge < -0.3 is 0 Å². The van der Waals surface area contributed by atoms with Crippen LogP contribution in [-0.4, -0.2) is 4.98 Å². The van der Waals surface area contributed by atoms with Crippen molar-refractivity contribution in [3.63, 3.8) is 0 Å². The van der Waals surface area contributed by atoms with E-state index in [1.165, 1.54) is 9.09 Å². The zero-order valence-corrected chi connectivity index (χ0v) is 9.77. The Morgan fingerprint density at radius 2 is 2.46 bits per heavy atom. The maximum Gasteiger partial charge on any atom is 0.183 e. The van der Waals surface area contributed by atoms with Crippen molar-refractivity contribution >= 4 is 46.0 Å². The van der Waals surface area contributed by atoms with E-state index < -0.39 is 0 Å². The van der Waals surface area contributed by atoms with Gasteiger partial charge in [-0.3, -0.25) is 0 Å². The van der Waals surface area contributed by atoms with Gasteiger partial charge in [0.05, 0.1) is 4.21 Å². The van der Waals surface area contributed by atoms with Crippen molar-refractivity contribution in [3.8, 4) is 0 Å². The molecule has 2 heterocycles. The highest BCUT2D eigenvalue weighted by Crippen LogP contribution is 2.29. The number of thiazole rings is 1. The van der Waals surface area contributed by atoms with E-state index in [4.69, 9.17) is 11.6 Å². The molecule has 0 aliphatic rings. The monoisotopic (exact) mass is 247 g/mol. The van der Waals surface area contributed by atoms with Crippen molar-refractivity contribution in [2.75, 3.05) is 0 Å². The number of rotatable bonds is 3. The fourth-order valence-corrected chi connectivity index (χ4v) is 3.62. The molecule has 1 nitrogen and oxygen atoms in total. The predicted molar refractivity (Wildman–Crippen MR) is 61.0 cm³/mol. The highest BCUT2D eigenvalue weighted by molar-refractivity contribution is 8.00. The zero-order valence-electron chi connectivity index (χ0n) is 6.57. The molecule has 0 aliphatic carbocycles. The van der Waals surface area contributed by atoms with Crippen LogP contribution in [0.5, 0.6) is 0 Å². The maximum atomic E-state index is 5.72. The highest BCUT2D eigenvalue weighted by Gasteiger charge is 2.00. The summed E-state index contributed by atoms with van der Waals surface area (Å²) in [4.78, 5) is 5.22. The molecule has 0 atom stereocenters. The molecule has 13 heavy (non-hydrogen) atoms. The Bertz CT molecular complexity index is 368. The van der Waals surface area contributed by atoms with Crippen molar-refractivity contribution in [2.24, 2.45) is 0 Å². The van der Waals surface area contributed by atoms with Gasteiger partial charge in [-0.15, -0.1) is 34.4 Å². The Kier molecular flexibility index (Phi) is 3.27. The Hall–Kier alpha value is -0.0300. The molecule has 0 bridgehead atoms. The first-order valence-corrected chi connectivity index (χ1v) is 6.67. The Balaban J connectivity index is 1.93. The number of aromatic nitrogens is 1. The summed E-state index contributed by atoms with van der Waals surface area (Å²) < 4.78 is 1.96. The summed E-state index contributed by atoms with van der Waals surface area (Å²) in [6, 6.07) is 4.19. The molecule has 0 fully saturated rings. The fourth-order valence-electron chi connectivity index (χ4n) is 0.838. The van der Waals surface area contributed by atoms with E-state index in [0.717, 1.165) is 5.75 Å². The van der Waals surface area contributed by atoms with E-state index in [1.54, 1.807) is 22.7 Å². The average Bonchev–Trinajstić information content (AvgIpc) is 2.71. The Labute approximate surface area is 93.8 Å². The third-order valence-corrected chi connectivity index (χ3v) is 4.85. The molecule has 68 valence electrons. The SMILES string of the molecule is Clc1ncc(CSc2cccs2)s1. The second-order valence-electron chi connectivity index (χ2n) is 2.30. The molecule has 0 aromatic carbocycles. The lowest BCUT2D eigenvalue weighted by atomic mass is 10.6. The molecule has 0 N–H and O–H groups in total. The van der Waals surface area contributed by atoms with E-state index in [-0.39, 0.29) is 0 Å². The number of halogens is 1. The van der Waals surface area contributed by atoms with Crippen LogP contribution in [0.15, 0.2) is 27.9 Å². The molecule has 2 aromatic heterocycles. The summed E-state index contributed by atoms with van der Waals surface area (Å²) in [5.41, 5.74) is 0. The van der Waals surface area contributed by atoms with Gasteiger partial charge in [-0.05, 0) is 11.4 Å². The highest BCUT2D eigenvalue weighted by atomic mass is 35.5. The summed E-state index contributed by atoms with van der Waals surface area (Å²) in [5.74, 6) is 0.963. The number of hydrogen-bond acceptors (Lipinski definition) is 4. The molecular weight excluding hydrogens is 242 g/mol. The molecule has 0 saturated carbocycles. The summed E-state index contributed by atoms with van der Waals surface area (Å²) in [5, 5.41) is 2.09. The number of nitrogens with zero attached hydrogens (tertiary/aromatic N) is 1. The lowest BCUT2D eigenvalue weighted by Gasteiger charge is -1.92. The van der Waals surface area contributed by atoms with Gasteiger partial charge in [0.2, 0.25) is 0 Å². The normalized spacial score (nSPS) is 10.5. The largest absolute Gasteiger partial charge is 0.233 e. The van der Waals surface area contributed by atoms with E-state index in [2.05, 4.69) is 22.5 Å². The van der Waals surface area contributed by atoms with Gasteiger partial charge in [0, 0.05) is 16.8 Å². The molecule has 0 aliphatic heterocycles. The molecule has 5 heteroatoms. The lowest BCUT2D eigenvalue weighted by molar-refractivity contribution is 1.37. The molecule has 0 radical (unpaired) electrons. The van der Waals surface area contributed by atoms with Gasteiger partial charge in [-0.2, -0.15) is 0 Å². The van der Waals surface area contributed by atoms with Crippen molar-refractivity contribution < 1.29 is 0 Å². The topological polar surface area (TPSA) is 12.9 Å². The van der Waals surface area contributed by atoms with Crippen molar-refractivity contribution in [1.82, 2.24) is 4.98 Å². The van der Waals surface area contributed by atoms with Gasteiger partial charge in [0.25, 0.3) is 0 Å². The molecule has 2 rings (SSSR count). The first kappa shape index (κ1) is 9.52. The van der Waals surface area contributed by atoms with Gasteiger partial charge in [-0.1, -0.05) is 17.7 Å². The molecule has 0 saturated heterocycles. The Morgan fingerprint density at radius 1 is 1.54 bits per heavy atom. The number of hydrogen-bond donors (Lipinski definition) is 0. The smallest absolute Gasteiger partial charge is 0.183 e. The molecule has 0 spiro atoms. The minimum absolute atomic E-state index is 0.627. The summed E-state index contributed by atoms with van der Waals surface area (Å²) in [7, 11) is 0. The van der Waals surface area contributed by atoms with Crippen molar-refractivity contribution in [3.05, 3.63) is 33.1 Å². The van der Waals surface area contributed by atoms with Crippen LogP contribution in [0.2, 0.25) is 4.47 Å². The standard InChI is InChI=1S/C8H6ClNS3/c9-8-10-4-6(13-8)5-12-7-2-1-3-11-7/h1-4H,5H2. The second-order valence-corrected chi connectivity index (χ2v) is 6.22. The van der Waals surface area contributed by atoms with Crippen LogP contribution in [0.3, 0.4) is 0 Å².